The molecule has 2 fully saturated rings. The second kappa shape index (κ2) is 7.68. The molecule has 156 valence electrons. The Hall–Kier alpha value is -3.00. The number of aromatic nitrogens is 3. The number of fused-ring (bicyclic) bond motifs is 2. The summed E-state index contributed by atoms with van der Waals surface area (Å²) in [5.41, 5.74) is 2.43. The van der Waals surface area contributed by atoms with Gasteiger partial charge in [-0.2, -0.15) is 0 Å². The zero-order chi connectivity index (χ0) is 20.7. The highest BCUT2D eigenvalue weighted by Crippen LogP contribution is 2.33. The number of nitrogens with zero attached hydrogens (tertiary/aromatic N) is 3. The van der Waals surface area contributed by atoms with Gasteiger partial charge in [-0.3, -0.25) is 0 Å². The molecule has 30 heavy (non-hydrogen) atoms. The van der Waals surface area contributed by atoms with Crippen LogP contribution in [0.15, 0.2) is 41.0 Å². The zero-order valence-electron chi connectivity index (χ0n) is 16.6. The van der Waals surface area contributed by atoms with E-state index in [2.05, 4.69) is 20.5 Å². The van der Waals surface area contributed by atoms with Gasteiger partial charge in [0.2, 0.25) is 5.88 Å². The van der Waals surface area contributed by atoms with Crippen molar-refractivity contribution in [3.05, 3.63) is 42.5 Å². The van der Waals surface area contributed by atoms with Gasteiger partial charge in [0.05, 0.1) is 5.69 Å². The van der Waals surface area contributed by atoms with Crippen LogP contribution in [0.2, 0.25) is 0 Å². The van der Waals surface area contributed by atoms with E-state index in [0.717, 1.165) is 24.8 Å². The SMILES string of the molecule is Cc1nc(-c2ccc(-c3ccc(O[C@@H]4CC5CCCC(N5)[C@@H]4F)nn3)c(O)c2)co1. The van der Waals surface area contributed by atoms with Crippen LogP contribution in [0.4, 0.5) is 4.39 Å². The average Bonchev–Trinajstić information content (AvgIpc) is 3.19. The lowest BCUT2D eigenvalue weighted by Crippen LogP contribution is -2.59. The van der Waals surface area contributed by atoms with E-state index >= 15 is 0 Å². The third kappa shape index (κ3) is 3.63. The lowest BCUT2D eigenvalue weighted by atomic mass is 9.84. The molecule has 2 unspecified atom stereocenters. The highest BCUT2D eigenvalue weighted by molar-refractivity contribution is 5.72. The summed E-state index contributed by atoms with van der Waals surface area (Å²) in [5, 5.41) is 22.1. The van der Waals surface area contributed by atoms with Crippen LogP contribution in [-0.4, -0.2) is 44.6 Å². The van der Waals surface area contributed by atoms with Gasteiger partial charge in [-0.05, 0) is 31.0 Å². The highest BCUT2D eigenvalue weighted by Gasteiger charge is 2.41. The van der Waals surface area contributed by atoms with Crippen molar-refractivity contribution in [2.45, 2.75) is 57.0 Å². The van der Waals surface area contributed by atoms with Crippen LogP contribution >= 0.6 is 0 Å². The Bertz CT molecular complexity index is 1040. The first-order valence-electron chi connectivity index (χ1n) is 10.2. The van der Waals surface area contributed by atoms with Gasteiger partial charge in [-0.15, -0.1) is 10.2 Å². The average molecular weight is 410 g/mol. The van der Waals surface area contributed by atoms with Gasteiger partial charge in [-0.25, -0.2) is 9.37 Å². The number of ether oxygens (including phenoxy) is 1. The first-order valence-corrected chi connectivity index (χ1v) is 10.2. The number of oxazole rings is 1. The van der Waals surface area contributed by atoms with Crippen molar-refractivity contribution in [1.29, 1.82) is 0 Å². The van der Waals surface area contributed by atoms with Gasteiger partial charge in [0, 0.05) is 42.6 Å². The summed E-state index contributed by atoms with van der Waals surface area (Å²) in [6.07, 6.45) is 3.55. The molecular weight excluding hydrogens is 387 g/mol. The third-order valence-electron chi connectivity index (χ3n) is 5.87. The van der Waals surface area contributed by atoms with E-state index in [9.17, 15) is 9.50 Å². The fourth-order valence-corrected chi connectivity index (χ4v) is 4.36. The molecule has 5 rings (SSSR count). The monoisotopic (exact) mass is 410 g/mol. The Kier molecular flexibility index (Phi) is 4.86. The lowest BCUT2D eigenvalue weighted by molar-refractivity contribution is 0.00652. The lowest BCUT2D eigenvalue weighted by Gasteiger charge is -2.42. The van der Waals surface area contributed by atoms with Crippen molar-refractivity contribution in [3.63, 3.8) is 0 Å². The molecule has 8 heteroatoms. The van der Waals surface area contributed by atoms with E-state index in [1.165, 1.54) is 0 Å². The minimum atomic E-state index is -1.06. The largest absolute Gasteiger partial charge is 0.507 e. The Balaban J connectivity index is 1.31. The van der Waals surface area contributed by atoms with E-state index in [1.807, 2.05) is 6.07 Å². The van der Waals surface area contributed by atoms with E-state index in [0.29, 0.717) is 41.2 Å². The Morgan fingerprint density at radius 3 is 2.80 bits per heavy atom. The maximum Gasteiger partial charge on any atom is 0.233 e. The fraction of sp³-hybridized carbons (Fsp3) is 0.409. The predicted molar refractivity (Wildman–Crippen MR) is 108 cm³/mol. The summed E-state index contributed by atoms with van der Waals surface area (Å²) in [5.74, 6) is 0.912. The summed E-state index contributed by atoms with van der Waals surface area (Å²) in [7, 11) is 0. The van der Waals surface area contributed by atoms with Crippen LogP contribution < -0.4 is 10.1 Å². The molecule has 2 bridgehead atoms. The van der Waals surface area contributed by atoms with Crippen LogP contribution in [-0.2, 0) is 0 Å². The van der Waals surface area contributed by atoms with E-state index < -0.39 is 12.3 Å². The Labute approximate surface area is 173 Å². The van der Waals surface area contributed by atoms with E-state index in [4.69, 9.17) is 9.15 Å². The van der Waals surface area contributed by atoms with Crippen LogP contribution in [0.25, 0.3) is 22.5 Å². The smallest absolute Gasteiger partial charge is 0.233 e. The molecule has 4 heterocycles. The summed E-state index contributed by atoms with van der Waals surface area (Å²) >= 11 is 0. The number of aryl methyl sites for hydroxylation is 1. The molecule has 0 amide bonds. The molecular formula is C22H23FN4O3. The molecule has 2 aliphatic rings. The van der Waals surface area contributed by atoms with Crippen molar-refractivity contribution in [2.24, 2.45) is 0 Å². The maximum absolute atomic E-state index is 14.7. The van der Waals surface area contributed by atoms with Gasteiger partial charge in [0.15, 0.2) is 12.1 Å². The normalized spacial score (nSPS) is 25.8. The van der Waals surface area contributed by atoms with Gasteiger partial charge >= 0.3 is 0 Å². The van der Waals surface area contributed by atoms with Gasteiger partial charge in [0.1, 0.15) is 23.8 Å². The number of piperidine rings is 2. The summed E-state index contributed by atoms with van der Waals surface area (Å²) in [4.78, 5) is 4.26. The minimum absolute atomic E-state index is 0.0612. The first kappa shape index (κ1) is 19.0. The molecule has 0 aliphatic carbocycles. The first-order chi connectivity index (χ1) is 14.6. The second-order valence-corrected chi connectivity index (χ2v) is 7.98. The molecule has 0 spiro atoms. The quantitative estimate of drug-likeness (QED) is 0.675. The van der Waals surface area contributed by atoms with Crippen LogP contribution in [0.3, 0.4) is 0 Å². The number of alkyl halides is 1. The Morgan fingerprint density at radius 1 is 1.17 bits per heavy atom. The standard InChI is InChI=1S/C22H23FN4O3/c1-12-24-18(11-29-12)13-5-6-15(19(28)9-13)16-7-8-21(27-26-16)30-20-10-14-3-2-4-17(25-14)22(20)23/h5-9,11,14,17,20,22,25,28H,2-4,10H2,1H3/t14?,17?,20-,22+/m1/s1. The number of halogens is 1. The van der Waals surface area contributed by atoms with Crippen LogP contribution in [0.5, 0.6) is 11.6 Å². The summed E-state index contributed by atoms with van der Waals surface area (Å²) in [6, 6.07) is 8.74. The number of benzene rings is 1. The molecule has 2 aliphatic heterocycles. The molecule has 2 saturated heterocycles. The van der Waals surface area contributed by atoms with Crippen LogP contribution in [0, 0.1) is 6.92 Å². The second-order valence-electron chi connectivity index (χ2n) is 7.98. The number of hydrogen-bond donors (Lipinski definition) is 2. The molecule has 3 aromatic rings. The van der Waals surface area contributed by atoms with Gasteiger partial charge in [-0.1, -0.05) is 12.5 Å². The number of rotatable bonds is 4. The van der Waals surface area contributed by atoms with Crippen molar-refractivity contribution >= 4 is 0 Å². The number of phenols is 1. The zero-order valence-corrected chi connectivity index (χ0v) is 16.6. The maximum atomic E-state index is 14.7. The molecule has 0 saturated carbocycles. The minimum Gasteiger partial charge on any atom is -0.507 e. The van der Waals surface area contributed by atoms with E-state index in [-0.39, 0.29) is 11.8 Å². The van der Waals surface area contributed by atoms with Crippen LogP contribution in [0.1, 0.15) is 31.6 Å². The Morgan fingerprint density at radius 2 is 2.07 bits per heavy atom. The van der Waals surface area contributed by atoms with Crippen molar-refractivity contribution < 1.29 is 18.7 Å². The summed E-state index contributed by atoms with van der Waals surface area (Å²) < 4.78 is 25.8. The highest BCUT2D eigenvalue weighted by atomic mass is 19.1. The molecule has 4 atom stereocenters. The molecule has 7 nitrogen and oxygen atoms in total. The molecule has 2 aromatic heterocycles. The third-order valence-corrected chi connectivity index (χ3v) is 5.87. The molecule has 2 N–H and O–H groups in total. The van der Waals surface area contributed by atoms with Gasteiger partial charge in [0.25, 0.3) is 0 Å². The number of nitrogens with one attached hydrogen (secondary N) is 1. The topological polar surface area (TPSA) is 93.3 Å². The van der Waals surface area contributed by atoms with Crippen molar-refractivity contribution in [2.75, 3.05) is 0 Å². The molecule has 1 aromatic carbocycles. The number of hydrogen-bond acceptors (Lipinski definition) is 7. The van der Waals surface area contributed by atoms with Gasteiger partial charge < -0.3 is 19.6 Å². The summed E-state index contributed by atoms with van der Waals surface area (Å²) in [6.45, 7) is 1.76. The molecule has 0 radical (unpaired) electrons. The fourth-order valence-electron chi connectivity index (χ4n) is 4.36. The predicted octanol–water partition coefficient (Wildman–Crippen LogP) is 3.81. The van der Waals surface area contributed by atoms with E-state index in [1.54, 1.807) is 37.5 Å². The van der Waals surface area contributed by atoms with Crippen molar-refractivity contribution in [1.82, 2.24) is 20.5 Å². The van der Waals surface area contributed by atoms with Crippen molar-refractivity contribution in [3.8, 4) is 34.1 Å². The number of phenolic OH excluding ortho intramolecular Hbond substituents is 1. The number of aromatic hydroxyl groups is 1.